The summed E-state index contributed by atoms with van der Waals surface area (Å²) in [7, 11) is 3.91. The zero-order valence-corrected chi connectivity index (χ0v) is 14.7. The van der Waals surface area contributed by atoms with Crippen molar-refractivity contribution >= 4 is 28.8 Å². The van der Waals surface area contributed by atoms with Crippen LogP contribution >= 0.6 is 0 Å². The summed E-state index contributed by atoms with van der Waals surface area (Å²) in [6.07, 6.45) is 3.41. The lowest BCUT2D eigenvalue weighted by Gasteiger charge is -2.14. The van der Waals surface area contributed by atoms with Crippen molar-refractivity contribution in [1.29, 1.82) is 0 Å². The molecule has 6 nitrogen and oxygen atoms in total. The van der Waals surface area contributed by atoms with Crippen LogP contribution in [-0.4, -0.2) is 30.2 Å². The number of carbonyl (C=O) groups excluding carboxylic acids is 1. The number of rotatable bonds is 7. The fourth-order valence-electron chi connectivity index (χ4n) is 2.35. The Morgan fingerprint density at radius 2 is 1.75 bits per heavy atom. The molecule has 128 valence electrons. The maximum absolute atomic E-state index is 12.1. The van der Waals surface area contributed by atoms with E-state index in [0.29, 0.717) is 5.82 Å². The average Bonchev–Trinajstić information content (AvgIpc) is 2.58. The minimum absolute atomic E-state index is 0.0619. The van der Waals surface area contributed by atoms with Gasteiger partial charge in [-0.3, -0.25) is 4.79 Å². The fraction of sp³-hybridized carbons (Fsp3) is 0.389. The van der Waals surface area contributed by atoms with Crippen molar-refractivity contribution in [3.63, 3.8) is 0 Å². The van der Waals surface area contributed by atoms with E-state index in [1.165, 1.54) is 0 Å². The number of nitrogens with one attached hydrogen (secondary N) is 2. The molecule has 0 aliphatic carbocycles. The van der Waals surface area contributed by atoms with Gasteiger partial charge in [-0.1, -0.05) is 13.8 Å². The third-order valence-electron chi connectivity index (χ3n) is 3.94. The SMILES string of the molecule is CCC(CC)C(=O)Nc1ccc(Nc2cc(N(C)C)cnn2)cc1. The first-order chi connectivity index (χ1) is 11.5. The number of benzene rings is 1. The second kappa shape index (κ2) is 8.29. The van der Waals surface area contributed by atoms with E-state index >= 15 is 0 Å². The van der Waals surface area contributed by atoms with Gasteiger partial charge in [0.05, 0.1) is 11.9 Å². The summed E-state index contributed by atoms with van der Waals surface area (Å²) in [6, 6.07) is 9.51. The van der Waals surface area contributed by atoms with Gasteiger partial charge in [-0.15, -0.1) is 5.10 Å². The van der Waals surface area contributed by atoms with E-state index in [-0.39, 0.29) is 11.8 Å². The summed E-state index contributed by atoms with van der Waals surface area (Å²) >= 11 is 0. The first kappa shape index (κ1) is 17.7. The summed E-state index contributed by atoms with van der Waals surface area (Å²) in [4.78, 5) is 14.1. The van der Waals surface area contributed by atoms with Crippen molar-refractivity contribution in [2.24, 2.45) is 5.92 Å². The molecular formula is C18H25N5O. The van der Waals surface area contributed by atoms with Crippen LogP contribution in [0.25, 0.3) is 0 Å². The van der Waals surface area contributed by atoms with E-state index in [9.17, 15) is 4.79 Å². The molecule has 1 aromatic carbocycles. The van der Waals surface area contributed by atoms with Crippen molar-refractivity contribution in [3.8, 4) is 0 Å². The van der Waals surface area contributed by atoms with Gasteiger partial charge in [-0.25, -0.2) is 0 Å². The Kier molecular flexibility index (Phi) is 6.12. The van der Waals surface area contributed by atoms with Crippen LogP contribution in [0.15, 0.2) is 36.5 Å². The number of carbonyl (C=O) groups is 1. The minimum atomic E-state index is 0.0619. The van der Waals surface area contributed by atoms with Crippen molar-refractivity contribution < 1.29 is 4.79 Å². The molecular weight excluding hydrogens is 302 g/mol. The normalized spacial score (nSPS) is 10.5. The van der Waals surface area contributed by atoms with E-state index in [0.717, 1.165) is 29.9 Å². The van der Waals surface area contributed by atoms with Gasteiger partial charge < -0.3 is 15.5 Å². The van der Waals surface area contributed by atoms with E-state index in [1.807, 2.05) is 63.2 Å². The highest BCUT2D eigenvalue weighted by Crippen LogP contribution is 2.20. The summed E-state index contributed by atoms with van der Waals surface area (Å²) in [6.45, 7) is 4.06. The lowest BCUT2D eigenvalue weighted by molar-refractivity contribution is -0.120. The first-order valence-electron chi connectivity index (χ1n) is 8.21. The van der Waals surface area contributed by atoms with Crippen LogP contribution in [0, 0.1) is 5.92 Å². The largest absolute Gasteiger partial charge is 0.376 e. The monoisotopic (exact) mass is 327 g/mol. The van der Waals surface area contributed by atoms with Crippen LogP contribution in [0.4, 0.5) is 22.9 Å². The Hall–Kier alpha value is -2.63. The van der Waals surface area contributed by atoms with Gasteiger partial charge in [0.1, 0.15) is 0 Å². The molecule has 6 heteroatoms. The van der Waals surface area contributed by atoms with Crippen LogP contribution in [0.3, 0.4) is 0 Å². The van der Waals surface area contributed by atoms with Crippen LogP contribution in [0.2, 0.25) is 0 Å². The van der Waals surface area contributed by atoms with Gasteiger partial charge in [0.15, 0.2) is 5.82 Å². The highest BCUT2D eigenvalue weighted by atomic mass is 16.1. The topological polar surface area (TPSA) is 70.2 Å². The number of nitrogens with zero attached hydrogens (tertiary/aromatic N) is 3. The van der Waals surface area contributed by atoms with Crippen LogP contribution in [-0.2, 0) is 4.79 Å². The van der Waals surface area contributed by atoms with Crippen LogP contribution in [0.1, 0.15) is 26.7 Å². The first-order valence-corrected chi connectivity index (χ1v) is 8.21. The fourth-order valence-corrected chi connectivity index (χ4v) is 2.35. The molecule has 1 aromatic heterocycles. The number of anilines is 4. The Balaban J connectivity index is 2.02. The molecule has 0 fully saturated rings. The smallest absolute Gasteiger partial charge is 0.227 e. The third kappa shape index (κ3) is 4.68. The molecule has 1 heterocycles. The second-order valence-electron chi connectivity index (χ2n) is 5.90. The Morgan fingerprint density at radius 3 is 2.33 bits per heavy atom. The van der Waals surface area contributed by atoms with Crippen LogP contribution < -0.4 is 15.5 Å². The van der Waals surface area contributed by atoms with Gasteiger partial charge in [0.25, 0.3) is 0 Å². The van der Waals surface area contributed by atoms with Crippen molar-refractivity contribution in [1.82, 2.24) is 10.2 Å². The van der Waals surface area contributed by atoms with Gasteiger partial charge in [-0.05, 0) is 37.1 Å². The van der Waals surface area contributed by atoms with Crippen LogP contribution in [0.5, 0.6) is 0 Å². The maximum Gasteiger partial charge on any atom is 0.227 e. The van der Waals surface area contributed by atoms with Gasteiger partial charge >= 0.3 is 0 Å². The molecule has 0 aliphatic rings. The van der Waals surface area contributed by atoms with E-state index in [1.54, 1.807) is 6.20 Å². The predicted octanol–water partition coefficient (Wildman–Crippen LogP) is 3.66. The molecule has 2 N–H and O–H groups in total. The maximum atomic E-state index is 12.1. The van der Waals surface area contributed by atoms with E-state index in [2.05, 4.69) is 20.8 Å². The van der Waals surface area contributed by atoms with E-state index < -0.39 is 0 Å². The molecule has 0 unspecified atom stereocenters. The zero-order chi connectivity index (χ0) is 17.5. The highest BCUT2D eigenvalue weighted by Gasteiger charge is 2.13. The van der Waals surface area contributed by atoms with Crippen molar-refractivity contribution in [2.45, 2.75) is 26.7 Å². The lowest BCUT2D eigenvalue weighted by Crippen LogP contribution is -2.21. The summed E-state index contributed by atoms with van der Waals surface area (Å²) in [5, 5.41) is 14.2. The molecule has 0 aliphatic heterocycles. The van der Waals surface area contributed by atoms with Crippen molar-refractivity contribution in [3.05, 3.63) is 36.5 Å². The lowest BCUT2D eigenvalue weighted by atomic mass is 10.0. The molecule has 0 saturated heterocycles. The highest BCUT2D eigenvalue weighted by molar-refractivity contribution is 5.92. The quantitative estimate of drug-likeness (QED) is 0.812. The summed E-state index contributed by atoms with van der Waals surface area (Å²) in [5.41, 5.74) is 2.66. The summed E-state index contributed by atoms with van der Waals surface area (Å²) in [5.74, 6) is 0.812. The molecule has 0 spiro atoms. The minimum Gasteiger partial charge on any atom is -0.376 e. The zero-order valence-electron chi connectivity index (χ0n) is 14.7. The molecule has 0 bridgehead atoms. The second-order valence-corrected chi connectivity index (χ2v) is 5.90. The number of hydrogen-bond acceptors (Lipinski definition) is 5. The summed E-state index contributed by atoms with van der Waals surface area (Å²) < 4.78 is 0. The Labute approximate surface area is 143 Å². The van der Waals surface area contributed by atoms with E-state index in [4.69, 9.17) is 0 Å². The standard InChI is InChI=1S/C18H25N5O/c1-5-13(6-2)18(24)21-15-9-7-14(8-10-15)20-17-11-16(23(3)4)12-19-22-17/h7-13H,5-6H2,1-4H3,(H,20,22)(H,21,24). The van der Waals surface area contributed by atoms with Gasteiger partial charge in [-0.2, -0.15) is 5.10 Å². The van der Waals surface area contributed by atoms with Crippen molar-refractivity contribution in [2.75, 3.05) is 29.6 Å². The Morgan fingerprint density at radius 1 is 1.12 bits per heavy atom. The van der Waals surface area contributed by atoms with Gasteiger partial charge in [0, 0.05) is 37.5 Å². The molecule has 1 amide bonds. The van der Waals surface area contributed by atoms with Gasteiger partial charge in [0.2, 0.25) is 5.91 Å². The molecule has 24 heavy (non-hydrogen) atoms. The molecule has 0 saturated carbocycles. The number of amides is 1. The third-order valence-corrected chi connectivity index (χ3v) is 3.94. The molecule has 0 atom stereocenters. The Bertz CT molecular complexity index is 665. The molecule has 2 aromatic rings. The number of hydrogen-bond donors (Lipinski definition) is 2. The molecule has 2 rings (SSSR count). The average molecular weight is 327 g/mol. The number of aromatic nitrogens is 2. The predicted molar refractivity (Wildman–Crippen MR) is 98.8 cm³/mol. The molecule has 0 radical (unpaired) electrons.